The van der Waals surface area contributed by atoms with Crippen LogP contribution in [0, 0.1) is 0 Å². The van der Waals surface area contributed by atoms with Crippen LogP contribution in [0.5, 0.6) is 0 Å². The van der Waals surface area contributed by atoms with Crippen molar-refractivity contribution in [1.29, 1.82) is 0 Å². The molecule has 0 unspecified atom stereocenters. The summed E-state index contributed by atoms with van der Waals surface area (Å²) in [6.07, 6.45) is 0. The second-order valence-corrected chi connectivity index (χ2v) is 17.5. The van der Waals surface area contributed by atoms with Gasteiger partial charge in [0, 0.05) is 47.4 Å². The summed E-state index contributed by atoms with van der Waals surface area (Å²) in [6.45, 7) is 0. The maximum absolute atomic E-state index is 6.48. The molecule has 3 aromatic heterocycles. The quantitative estimate of drug-likeness (QED) is 0.163. The maximum atomic E-state index is 6.48. The van der Waals surface area contributed by atoms with Crippen LogP contribution in [-0.4, -0.2) is 4.57 Å². The molecule has 2 nitrogen and oxygen atoms in total. The molecule has 3 heterocycles. The smallest absolute Gasteiger partial charge is 0.136 e. The first kappa shape index (κ1) is 33.1. The summed E-state index contributed by atoms with van der Waals surface area (Å²) in [4.78, 5) is 0. The Hall–Kier alpha value is -7.72. The lowest BCUT2D eigenvalue weighted by Crippen LogP contribution is -1.93. The predicted molar refractivity (Wildman–Crippen MR) is 262 cm³/mol. The molecule has 0 aliphatic carbocycles. The molecule has 3 heteroatoms. The molecule has 14 rings (SSSR count). The summed E-state index contributed by atoms with van der Waals surface area (Å²) < 4.78 is 11.5. The number of para-hydroxylation sites is 2. The molecule has 0 aliphatic rings. The molecule has 11 aromatic carbocycles. The number of benzene rings is 11. The minimum Gasteiger partial charge on any atom is -0.456 e. The highest BCUT2D eigenvalue weighted by Gasteiger charge is 2.21. The number of hydrogen-bond donors (Lipinski definition) is 0. The molecule has 0 bridgehead atoms. The van der Waals surface area contributed by atoms with Gasteiger partial charge in [0.25, 0.3) is 0 Å². The zero-order valence-electron chi connectivity index (χ0n) is 32.8. The monoisotopic (exact) mass is 791 g/mol. The Labute approximate surface area is 353 Å². The molecule has 0 aliphatic heterocycles. The van der Waals surface area contributed by atoms with Crippen LogP contribution in [-0.2, 0) is 0 Å². The molecular formula is C58H33NOS. The van der Waals surface area contributed by atoms with E-state index in [2.05, 4.69) is 199 Å². The van der Waals surface area contributed by atoms with Crippen LogP contribution in [0.1, 0.15) is 0 Å². The number of fused-ring (bicyclic) bond motifs is 13. The van der Waals surface area contributed by atoms with Gasteiger partial charge in [-0.05, 0) is 144 Å². The first-order valence-electron chi connectivity index (χ1n) is 20.9. The van der Waals surface area contributed by atoms with Gasteiger partial charge in [0.2, 0.25) is 0 Å². The highest BCUT2D eigenvalue weighted by atomic mass is 32.1. The summed E-state index contributed by atoms with van der Waals surface area (Å²) >= 11 is 1.89. The van der Waals surface area contributed by atoms with Gasteiger partial charge in [-0.3, -0.25) is 0 Å². The van der Waals surface area contributed by atoms with Gasteiger partial charge in [-0.1, -0.05) is 121 Å². The predicted octanol–water partition coefficient (Wildman–Crippen LogP) is 17.0. The van der Waals surface area contributed by atoms with Crippen LogP contribution >= 0.6 is 11.3 Å². The Morgan fingerprint density at radius 1 is 0.311 bits per heavy atom. The van der Waals surface area contributed by atoms with Crippen molar-refractivity contribution in [1.82, 2.24) is 4.57 Å². The Kier molecular flexibility index (Phi) is 6.74. The van der Waals surface area contributed by atoms with Gasteiger partial charge >= 0.3 is 0 Å². The van der Waals surface area contributed by atoms with Crippen LogP contribution in [0.15, 0.2) is 205 Å². The number of furan rings is 1. The third-order valence-corrected chi connectivity index (χ3v) is 14.2. The Morgan fingerprint density at radius 2 is 0.869 bits per heavy atom. The molecule has 0 N–H and O–H groups in total. The van der Waals surface area contributed by atoms with E-state index in [-0.39, 0.29) is 0 Å². The van der Waals surface area contributed by atoms with E-state index in [9.17, 15) is 0 Å². The fourth-order valence-electron chi connectivity index (χ4n) is 10.4. The fourth-order valence-corrected chi connectivity index (χ4v) is 11.5. The van der Waals surface area contributed by atoms with Gasteiger partial charge in [0.05, 0.1) is 11.0 Å². The standard InChI is InChI=1S/C58H33NOS/c1-2-14-40(15-3-1)59-51-24-22-36(28-46(51)47-33-54-48(32-52(47)59)41-16-10-11-21-53(41)60-54)57-42-17-6-8-19-44(42)58(45-20-9-7-18-43(45)57)37-23-25-55-49(29-37)50-30-38-26-34-12-4-5-13-35(34)27-39(38)31-56(50)61-55/h1-33H. The molecule has 14 aromatic rings. The zero-order chi connectivity index (χ0) is 39.8. The Balaban J connectivity index is 1.01. The second-order valence-electron chi connectivity index (χ2n) is 16.4. The van der Waals surface area contributed by atoms with Crippen LogP contribution in [0.4, 0.5) is 0 Å². The van der Waals surface area contributed by atoms with Gasteiger partial charge < -0.3 is 8.98 Å². The number of hydrogen-bond acceptors (Lipinski definition) is 2. The highest BCUT2D eigenvalue weighted by molar-refractivity contribution is 7.25. The van der Waals surface area contributed by atoms with Crippen molar-refractivity contribution in [3.63, 3.8) is 0 Å². The van der Waals surface area contributed by atoms with Crippen LogP contribution in [0.3, 0.4) is 0 Å². The van der Waals surface area contributed by atoms with Crippen molar-refractivity contribution in [3.8, 4) is 27.9 Å². The van der Waals surface area contributed by atoms with Crippen molar-refractivity contribution in [2.45, 2.75) is 0 Å². The molecule has 61 heavy (non-hydrogen) atoms. The summed E-state index contributed by atoms with van der Waals surface area (Å²) in [5.74, 6) is 0. The Morgan fingerprint density at radius 3 is 1.57 bits per heavy atom. The van der Waals surface area contributed by atoms with E-state index in [1.165, 1.54) is 107 Å². The third kappa shape index (κ3) is 4.78. The second kappa shape index (κ2) is 12.4. The normalized spacial score (nSPS) is 12.3. The minimum atomic E-state index is 0.906. The SMILES string of the molecule is c1ccc(-n2c3ccc(-c4c5ccccc5c(-c5ccc6sc7cc8cc9ccccc9cc8cc7c6c5)c5ccccc45)cc3c3cc4oc5ccccc5c4cc32)cc1. The number of nitrogens with zero attached hydrogens (tertiary/aromatic N) is 1. The van der Waals surface area contributed by atoms with Gasteiger partial charge in [0.15, 0.2) is 0 Å². The molecule has 0 fully saturated rings. The lowest BCUT2D eigenvalue weighted by molar-refractivity contribution is 0.669. The van der Waals surface area contributed by atoms with E-state index in [0.717, 1.165) is 27.6 Å². The molecule has 0 saturated heterocycles. The van der Waals surface area contributed by atoms with Crippen molar-refractivity contribution in [3.05, 3.63) is 200 Å². The third-order valence-electron chi connectivity index (χ3n) is 13.1. The maximum Gasteiger partial charge on any atom is 0.136 e. The van der Waals surface area contributed by atoms with E-state index >= 15 is 0 Å². The summed E-state index contributed by atoms with van der Waals surface area (Å²) in [6, 6.07) is 73.9. The Bertz CT molecular complexity index is 4110. The van der Waals surface area contributed by atoms with E-state index in [1.54, 1.807) is 0 Å². The largest absolute Gasteiger partial charge is 0.456 e. The lowest BCUT2D eigenvalue weighted by atomic mass is 9.85. The van der Waals surface area contributed by atoms with E-state index in [4.69, 9.17) is 4.42 Å². The molecule has 0 amide bonds. The molecule has 0 spiro atoms. The summed E-state index contributed by atoms with van der Waals surface area (Å²) in [5.41, 5.74) is 10.3. The average Bonchev–Trinajstić information content (AvgIpc) is 3.96. The number of aromatic nitrogens is 1. The molecule has 282 valence electrons. The van der Waals surface area contributed by atoms with Crippen LogP contribution in [0.25, 0.3) is 135 Å². The van der Waals surface area contributed by atoms with Crippen molar-refractivity contribution in [2.24, 2.45) is 0 Å². The fraction of sp³-hybridized carbons (Fsp3) is 0. The van der Waals surface area contributed by atoms with E-state index < -0.39 is 0 Å². The van der Waals surface area contributed by atoms with Crippen LogP contribution < -0.4 is 0 Å². The highest BCUT2D eigenvalue weighted by Crippen LogP contribution is 2.47. The zero-order valence-corrected chi connectivity index (χ0v) is 33.6. The number of rotatable bonds is 3. The van der Waals surface area contributed by atoms with E-state index in [1.807, 2.05) is 17.4 Å². The number of thiophene rings is 1. The van der Waals surface area contributed by atoms with Gasteiger partial charge in [0.1, 0.15) is 11.2 Å². The van der Waals surface area contributed by atoms with E-state index in [0.29, 0.717) is 0 Å². The van der Waals surface area contributed by atoms with Crippen molar-refractivity contribution in [2.75, 3.05) is 0 Å². The van der Waals surface area contributed by atoms with Crippen LogP contribution in [0.2, 0.25) is 0 Å². The molecule has 0 radical (unpaired) electrons. The summed E-state index contributed by atoms with van der Waals surface area (Å²) in [5, 5.41) is 17.4. The summed E-state index contributed by atoms with van der Waals surface area (Å²) in [7, 11) is 0. The molecule has 0 saturated carbocycles. The molecular weight excluding hydrogens is 759 g/mol. The average molecular weight is 792 g/mol. The molecule has 0 atom stereocenters. The van der Waals surface area contributed by atoms with Crippen molar-refractivity contribution < 1.29 is 4.42 Å². The lowest BCUT2D eigenvalue weighted by Gasteiger charge is -2.18. The van der Waals surface area contributed by atoms with Gasteiger partial charge in [-0.2, -0.15) is 0 Å². The minimum absolute atomic E-state index is 0.906. The topological polar surface area (TPSA) is 18.1 Å². The first-order chi connectivity index (χ1) is 30.2. The van der Waals surface area contributed by atoms with Crippen molar-refractivity contribution >= 4 is 118 Å². The first-order valence-corrected chi connectivity index (χ1v) is 21.7. The van der Waals surface area contributed by atoms with Gasteiger partial charge in [-0.15, -0.1) is 11.3 Å². The van der Waals surface area contributed by atoms with Gasteiger partial charge in [-0.25, -0.2) is 0 Å².